The SMILES string of the molecule is CCC(CS(=O)(=O)c1ccccc1)NC(=NC)NCCc1cccc(Cl)c1. The van der Waals surface area contributed by atoms with Crippen LogP contribution >= 0.6 is 11.6 Å². The van der Waals surface area contributed by atoms with E-state index < -0.39 is 9.84 Å². The van der Waals surface area contributed by atoms with E-state index in [2.05, 4.69) is 15.6 Å². The minimum absolute atomic E-state index is 0.0164. The Morgan fingerprint density at radius 2 is 1.89 bits per heavy atom. The Hall–Kier alpha value is -2.05. The molecule has 0 aliphatic rings. The number of guanidine groups is 1. The summed E-state index contributed by atoms with van der Waals surface area (Å²) in [5, 5.41) is 7.15. The van der Waals surface area contributed by atoms with Gasteiger partial charge in [0.2, 0.25) is 0 Å². The fourth-order valence-corrected chi connectivity index (χ4v) is 4.48. The zero-order chi connectivity index (χ0) is 19.7. The second-order valence-corrected chi connectivity index (χ2v) is 8.69. The fourth-order valence-electron chi connectivity index (χ4n) is 2.66. The summed E-state index contributed by atoms with van der Waals surface area (Å²) in [6.07, 6.45) is 1.46. The van der Waals surface area contributed by atoms with Crippen LogP contribution in [0.15, 0.2) is 64.5 Å². The topological polar surface area (TPSA) is 70.6 Å². The standard InChI is InChI=1S/C20H26ClN3O2S/c1-3-18(15-27(25,26)19-10-5-4-6-11-19)24-20(22-2)23-13-12-16-8-7-9-17(21)14-16/h4-11,14,18H,3,12-13,15H2,1-2H3,(H2,22,23,24). The molecule has 2 aromatic rings. The third-order valence-electron chi connectivity index (χ3n) is 4.18. The first-order chi connectivity index (χ1) is 12.9. The molecule has 0 fully saturated rings. The number of benzene rings is 2. The van der Waals surface area contributed by atoms with Crippen LogP contribution in [0.5, 0.6) is 0 Å². The third-order valence-corrected chi connectivity index (χ3v) is 6.24. The molecule has 0 radical (unpaired) electrons. The smallest absolute Gasteiger partial charge is 0.191 e. The second kappa shape index (κ2) is 10.3. The lowest BCUT2D eigenvalue weighted by Crippen LogP contribution is -2.46. The third kappa shape index (κ3) is 6.88. The Labute approximate surface area is 166 Å². The van der Waals surface area contributed by atoms with E-state index in [-0.39, 0.29) is 11.8 Å². The molecule has 27 heavy (non-hydrogen) atoms. The highest BCUT2D eigenvalue weighted by Crippen LogP contribution is 2.13. The summed E-state index contributed by atoms with van der Waals surface area (Å²) >= 11 is 6.00. The van der Waals surface area contributed by atoms with Crippen LogP contribution in [0.25, 0.3) is 0 Å². The van der Waals surface area contributed by atoms with Crippen molar-refractivity contribution in [1.29, 1.82) is 0 Å². The number of nitrogens with zero attached hydrogens (tertiary/aromatic N) is 1. The Balaban J connectivity index is 1.91. The van der Waals surface area contributed by atoms with Crippen molar-refractivity contribution in [1.82, 2.24) is 10.6 Å². The van der Waals surface area contributed by atoms with Gasteiger partial charge < -0.3 is 10.6 Å². The van der Waals surface area contributed by atoms with Gasteiger partial charge in [0.25, 0.3) is 0 Å². The largest absolute Gasteiger partial charge is 0.356 e. The molecule has 0 aromatic heterocycles. The zero-order valence-electron chi connectivity index (χ0n) is 15.7. The summed E-state index contributed by atoms with van der Waals surface area (Å²) in [5.74, 6) is 0.606. The Kier molecular flexibility index (Phi) is 8.13. The highest BCUT2D eigenvalue weighted by Gasteiger charge is 2.20. The average molecular weight is 408 g/mol. The first-order valence-corrected chi connectivity index (χ1v) is 11.0. The van der Waals surface area contributed by atoms with Gasteiger partial charge >= 0.3 is 0 Å². The van der Waals surface area contributed by atoms with Crippen LogP contribution in [0.2, 0.25) is 5.02 Å². The highest BCUT2D eigenvalue weighted by atomic mass is 35.5. The molecule has 1 atom stereocenters. The van der Waals surface area contributed by atoms with E-state index in [4.69, 9.17) is 11.6 Å². The zero-order valence-corrected chi connectivity index (χ0v) is 17.2. The molecule has 0 heterocycles. The number of hydrogen-bond donors (Lipinski definition) is 2. The van der Waals surface area contributed by atoms with Gasteiger partial charge in [0.15, 0.2) is 15.8 Å². The van der Waals surface area contributed by atoms with E-state index in [9.17, 15) is 8.42 Å². The van der Waals surface area contributed by atoms with Gasteiger partial charge in [0.1, 0.15) is 0 Å². The Morgan fingerprint density at radius 1 is 1.15 bits per heavy atom. The van der Waals surface area contributed by atoms with Crippen molar-refractivity contribution >= 4 is 27.4 Å². The van der Waals surface area contributed by atoms with Crippen molar-refractivity contribution in [3.63, 3.8) is 0 Å². The van der Waals surface area contributed by atoms with Crippen molar-refractivity contribution in [2.75, 3.05) is 19.3 Å². The predicted octanol–water partition coefficient (Wildman–Crippen LogP) is 3.30. The minimum atomic E-state index is -3.35. The summed E-state index contributed by atoms with van der Waals surface area (Å²) in [4.78, 5) is 4.54. The summed E-state index contributed by atoms with van der Waals surface area (Å²) in [6, 6.07) is 16.0. The molecule has 0 aliphatic heterocycles. The molecule has 7 heteroatoms. The van der Waals surface area contributed by atoms with Gasteiger partial charge in [0, 0.05) is 24.7 Å². The van der Waals surface area contributed by atoms with E-state index >= 15 is 0 Å². The van der Waals surface area contributed by atoms with Crippen molar-refractivity contribution in [2.45, 2.75) is 30.7 Å². The molecule has 0 spiro atoms. The van der Waals surface area contributed by atoms with Crippen LogP contribution in [0.1, 0.15) is 18.9 Å². The van der Waals surface area contributed by atoms with E-state index in [1.165, 1.54) is 0 Å². The summed E-state index contributed by atoms with van der Waals surface area (Å²) < 4.78 is 25.2. The molecule has 2 N–H and O–H groups in total. The normalized spacial score (nSPS) is 13.2. The molecule has 2 rings (SSSR count). The number of aliphatic imine (C=N–C) groups is 1. The molecule has 5 nitrogen and oxygen atoms in total. The summed E-state index contributed by atoms with van der Waals surface area (Å²) in [6.45, 7) is 2.62. The number of rotatable bonds is 8. The van der Waals surface area contributed by atoms with Crippen LogP contribution in [-0.4, -0.2) is 39.8 Å². The molecule has 0 saturated heterocycles. The first kappa shape index (κ1) is 21.3. The van der Waals surface area contributed by atoms with E-state index in [1.54, 1.807) is 37.4 Å². The molecule has 146 valence electrons. The lowest BCUT2D eigenvalue weighted by molar-refractivity contribution is 0.569. The number of hydrogen-bond acceptors (Lipinski definition) is 3. The maximum absolute atomic E-state index is 12.6. The second-order valence-electron chi connectivity index (χ2n) is 6.22. The molecule has 1 unspecified atom stereocenters. The predicted molar refractivity (Wildman–Crippen MR) is 112 cm³/mol. The maximum Gasteiger partial charge on any atom is 0.191 e. The molecule has 0 amide bonds. The van der Waals surface area contributed by atoms with Crippen molar-refractivity contribution < 1.29 is 8.42 Å². The van der Waals surface area contributed by atoms with Crippen molar-refractivity contribution in [2.24, 2.45) is 4.99 Å². The van der Waals surface area contributed by atoms with Crippen LogP contribution in [0, 0.1) is 0 Å². The van der Waals surface area contributed by atoms with Crippen LogP contribution in [-0.2, 0) is 16.3 Å². The van der Waals surface area contributed by atoms with E-state index in [0.29, 0.717) is 28.8 Å². The van der Waals surface area contributed by atoms with Gasteiger partial charge in [-0.05, 0) is 42.7 Å². The Morgan fingerprint density at radius 3 is 2.52 bits per heavy atom. The van der Waals surface area contributed by atoms with Gasteiger partial charge in [0.05, 0.1) is 10.6 Å². The van der Waals surface area contributed by atoms with Gasteiger partial charge in [-0.15, -0.1) is 0 Å². The number of halogens is 1. The van der Waals surface area contributed by atoms with Crippen LogP contribution in [0.4, 0.5) is 0 Å². The molecular formula is C20H26ClN3O2S. The summed E-state index contributed by atoms with van der Waals surface area (Å²) in [7, 11) is -1.68. The Bertz CT molecular complexity index is 855. The maximum atomic E-state index is 12.6. The van der Waals surface area contributed by atoms with Gasteiger partial charge in [-0.25, -0.2) is 8.42 Å². The molecule has 0 saturated carbocycles. The fraction of sp³-hybridized carbons (Fsp3) is 0.350. The van der Waals surface area contributed by atoms with Gasteiger partial charge in [-0.1, -0.05) is 48.9 Å². The summed E-state index contributed by atoms with van der Waals surface area (Å²) in [5.41, 5.74) is 1.13. The van der Waals surface area contributed by atoms with E-state index in [0.717, 1.165) is 12.0 Å². The number of sulfone groups is 1. The van der Waals surface area contributed by atoms with Gasteiger partial charge in [-0.2, -0.15) is 0 Å². The van der Waals surface area contributed by atoms with Gasteiger partial charge in [-0.3, -0.25) is 4.99 Å². The first-order valence-electron chi connectivity index (χ1n) is 8.94. The van der Waals surface area contributed by atoms with Crippen molar-refractivity contribution in [3.8, 4) is 0 Å². The molecular weight excluding hydrogens is 382 g/mol. The molecule has 0 bridgehead atoms. The van der Waals surface area contributed by atoms with Crippen LogP contribution < -0.4 is 10.6 Å². The average Bonchev–Trinajstić information content (AvgIpc) is 2.67. The number of nitrogens with one attached hydrogen (secondary N) is 2. The quantitative estimate of drug-likeness (QED) is 0.520. The molecule has 0 aliphatic carbocycles. The highest BCUT2D eigenvalue weighted by molar-refractivity contribution is 7.91. The minimum Gasteiger partial charge on any atom is -0.356 e. The molecule has 2 aromatic carbocycles. The lowest BCUT2D eigenvalue weighted by Gasteiger charge is -2.20. The van der Waals surface area contributed by atoms with E-state index in [1.807, 2.05) is 31.2 Å². The van der Waals surface area contributed by atoms with Crippen LogP contribution in [0.3, 0.4) is 0 Å². The lowest BCUT2D eigenvalue weighted by atomic mass is 10.1. The van der Waals surface area contributed by atoms with Crippen molar-refractivity contribution in [3.05, 3.63) is 65.2 Å². The monoisotopic (exact) mass is 407 g/mol.